The fourth-order valence-corrected chi connectivity index (χ4v) is 4.13. The lowest BCUT2D eigenvalue weighted by Gasteiger charge is -2.21. The smallest absolute Gasteiger partial charge is 0.328 e. The highest BCUT2D eigenvalue weighted by Gasteiger charge is 2.27. The van der Waals surface area contributed by atoms with Crippen LogP contribution in [-0.2, 0) is 9.53 Å². The van der Waals surface area contributed by atoms with Crippen LogP contribution >= 0.6 is 11.6 Å². The fourth-order valence-electron chi connectivity index (χ4n) is 3.96. The van der Waals surface area contributed by atoms with Crippen molar-refractivity contribution in [3.63, 3.8) is 0 Å². The highest BCUT2D eigenvalue weighted by Crippen LogP contribution is 2.18. The predicted molar refractivity (Wildman–Crippen MR) is 139 cm³/mol. The molecule has 1 unspecified atom stereocenters. The Balaban J connectivity index is 2.14. The molecule has 0 fully saturated rings. The molecule has 0 aliphatic heterocycles. The lowest BCUT2D eigenvalue weighted by Crippen LogP contribution is -2.45. The number of esters is 1. The topological polar surface area (TPSA) is 55.4 Å². The van der Waals surface area contributed by atoms with E-state index in [2.05, 4.69) is 12.2 Å². The number of halogens is 2. The Hall–Kier alpha value is -1.62. The molecule has 0 spiro atoms. The minimum absolute atomic E-state index is 0.130. The van der Waals surface area contributed by atoms with Gasteiger partial charge in [-0.15, -0.1) is 0 Å². The van der Waals surface area contributed by atoms with Crippen molar-refractivity contribution in [3.05, 3.63) is 34.6 Å². The van der Waals surface area contributed by atoms with Crippen molar-refractivity contribution in [2.75, 3.05) is 6.61 Å². The van der Waals surface area contributed by atoms with Gasteiger partial charge < -0.3 is 10.1 Å². The zero-order chi connectivity index (χ0) is 25.2. The van der Waals surface area contributed by atoms with E-state index in [0.717, 1.165) is 19.3 Å². The molecule has 4 nitrogen and oxygen atoms in total. The number of ether oxygens (including phenoxy) is 1. The molecule has 0 aliphatic rings. The molecule has 0 saturated heterocycles. The molecule has 1 atom stereocenters. The maximum atomic E-state index is 14.1. The van der Waals surface area contributed by atoms with Crippen LogP contribution in [0.15, 0.2) is 18.2 Å². The standard InChI is InChI=1S/C28H45ClFNO3/c1-4-5-6-7-8-9-10-11-12-13-14-15-16-17-21-34-28(33)26(22(2)3)31-27(32)23-19-18-20-24(29)25(23)30/h18-20,22,26H,4-17,21H2,1-3H3,(H,31,32). The fraction of sp³-hybridized carbons (Fsp3) is 0.714. The molecule has 1 N–H and O–H groups in total. The van der Waals surface area contributed by atoms with E-state index in [0.29, 0.717) is 6.61 Å². The van der Waals surface area contributed by atoms with Gasteiger partial charge in [0.1, 0.15) is 6.04 Å². The average Bonchev–Trinajstić information content (AvgIpc) is 2.81. The minimum atomic E-state index is -0.836. The zero-order valence-electron chi connectivity index (χ0n) is 21.5. The predicted octanol–water partition coefficient (Wildman–Crippen LogP) is 8.26. The van der Waals surface area contributed by atoms with Crippen molar-refractivity contribution in [1.29, 1.82) is 0 Å². The quantitative estimate of drug-likeness (QED) is 0.154. The van der Waals surface area contributed by atoms with E-state index < -0.39 is 23.7 Å². The molecule has 1 amide bonds. The first-order valence-corrected chi connectivity index (χ1v) is 13.7. The average molecular weight is 498 g/mol. The van der Waals surface area contributed by atoms with E-state index in [1.807, 2.05) is 13.8 Å². The minimum Gasteiger partial charge on any atom is -0.464 e. The molecule has 0 aromatic heterocycles. The first-order valence-electron chi connectivity index (χ1n) is 13.3. The largest absolute Gasteiger partial charge is 0.464 e. The first-order chi connectivity index (χ1) is 16.4. The van der Waals surface area contributed by atoms with Crippen molar-refractivity contribution in [2.45, 2.75) is 117 Å². The molecule has 0 saturated carbocycles. The van der Waals surface area contributed by atoms with Gasteiger partial charge in [0.25, 0.3) is 5.91 Å². The Morgan fingerprint density at radius 3 is 1.88 bits per heavy atom. The van der Waals surface area contributed by atoms with Crippen LogP contribution in [0.1, 0.15) is 121 Å². The summed E-state index contributed by atoms with van der Waals surface area (Å²) in [5.41, 5.74) is -0.182. The number of carbonyl (C=O) groups is 2. The number of amides is 1. The zero-order valence-corrected chi connectivity index (χ0v) is 22.2. The summed E-state index contributed by atoms with van der Waals surface area (Å²) in [6.07, 6.45) is 17.7. The summed E-state index contributed by atoms with van der Waals surface area (Å²) in [6.45, 7) is 6.21. The SMILES string of the molecule is CCCCCCCCCCCCCCCCOC(=O)C(NC(=O)c1cccc(Cl)c1F)C(C)C. The van der Waals surface area contributed by atoms with E-state index >= 15 is 0 Å². The second kappa shape index (κ2) is 18.7. The van der Waals surface area contributed by atoms with Gasteiger partial charge in [0, 0.05) is 0 Å². The summed E-state index contributed by atoms with van der Waals surface area (Å²) < 4.78 is 19.5. The normalized spacial score (nSPS) is 12.1. The molecule has 1 aromatic carbocycles. The van der Waals surface area contributed by atoms with E-state index in [9.17, 15) is 14.0 Å². The van der Waals surface area contributed by atoms with Crippen molar-refractivity contribution < 1.29 is 18.7 Å². The molecule has 6 heteroatoms. The van der Waals surface area contributed by atoms with Gasteiger partial charge in [-0.3, -0.25) is 4.79 Å². The van der Waals surface area contributed by atoms with Crippen LogP contribution in [0.4, 0.5) is 4.39 Å². The van der Waals surface area contributed by atoms with Gasteiger partial charge in [0.15, 0.2) is 5.82 Å². The van der Waals surface area contributed by atoms with Crippen LogP contribution in [0, 0.1) is 11.7 Å². The first kappa shape index (κ1) is 30.4. The number of hydrogen-bond acceptors (Lipinski definition) is 3. The van der Waals surface area contributed by atoms with Gasteiger partial charge >= 0.3 is 5.97 Å². The molecule has 0 bridgehead atoms. The number of nitrogens with one attached hydrogen (secondary N) is 1. The second-order valence-corrected chi connectivity index (χ2v) is 9.97. The van der Waals surface area contributed by atoms with Crippen molar-refractivity contribution >= 4 is 23.5 Å². The van der Waals surface area contributed by atoms with Gasteiger partial charge in [-0.05, 0) is 24.5 Å². The molecular weight excluding hydrogens is 453 g/mol. The summed E-state index contributed by atoms with van der Waals surface area (Å²) in [4.78, 5) is 24.9. The summed E-state index contributed by atoms with van der Waals surface area (Å²) in [6, 6.07) is 3.38. The molecule has 0 heterocycles. The summed E-state index contributed by atoms with van der Waals surface area (Å²) in [5, 5.41) is 2.46. The monoisotopic (exact) mass is 497 g/mol. The van der Waals surface area contributed by atoms with Crippen LogP contribution in [0.2, 0.25) is 5.02 Å². The summed E-state index contributed by atoms with van der Waals surface area (Å²) in [5.74, 6) is -2.14. The molecule has 194 valence electrons. The highest BCUT2D eigenvalue weighted by molar-refractivity contribution is 6.31. The van der Waals surface area contributed by atoms with Gasteiger partial charge in [0.05, 0.1) is 17.2 Å². The Morgan fingerprint density at radius 2 is 1.38 bits per heavy atom. The van der Waals surface area contributed by atoms with Crippen molar-refractivity contribution in [3.8, 4) is 0 Å². The summed E-state index contributed by atoms with van der Waals surface area (Å²) in [7, 11) is 0. The number of benzene rings is 1. The van der Waals surface area contributed by atoms with Crippen LogP contribution in [-0.4, -0.2) is 24.5 Å². The molecule has 0 aliphatic carbocycles. The Labute approximate surface area is 211 Å². The van der Waals surface area contributed by atoms with Gasteiger partial charge in [-0.2, -0.15) is 0 Å². The van der Waals surface area contributed by atoms with Crippen molar-refractivity contribution in [2.24, 2.45) is 5.92 Å². The number of carbonyl (C=O) groups excluding carboxylic acids is 2. The van der Waals surface area contributed by atoms with Gasteiger partial charge in [0.2, 0.25) is 0 Å². The van der Waals surface area contributed by atoms with E-state index in [1.54, 1.807) is 0 Å². The maximum absolute atomic E-state index is 14.1. The van der Waals surface area contributed by atoms with Crippen LogP contribution < -0.4 is 5.32 Å². The Kier molecular flexibility index (Phi) is 16.7. The van der Waals surface area contributed by atoms with Gasteiger partial charge in [-0.1, -0.05) is 122 Å². The third-order valence-electron chi connectivity index (χ3n) is 6.15. The van der Waals surface area contributed by atoms with Crippen LogP contribution in [0.3, 0.4) is 0 Å². The summed E-state index contributed by atoms with van der Waals surface area (Å²) >= 11 is 5.75. The van der Waals surface area contributed by atoms with E-state index in [-0.39, 0.29) is 16.5 Å². The lowest BCUT2D eigenvalue weighted by atomic mass is 10.0. The number of unbranched alkanes of at least 4 members (excludes halogenated alkanes) is 13. The molecule has 0 radical (unpaired) electrons. The number of rotatable bonds is 19. The maximum Gasteiger partial charge on any atom is 0.328 e. The van der Waals surface area contributed by atoms with Crippen LogP contribution in [0.5, 0.6) is 0 Å². The van der Waals surface area contributed by atoms with Gasteiger partial charge in [-0.25, -0.2) is 9.18 Å². The molecule has 34 heavy (non-hydrogen) atoms. The third kappa shape index (κ3) is 12.7. The van der Waals surface area contributed by atoms with Crippen LogP contribution in [0.25, 0.3) is 0 Å². The van der Waals surface area contributed by atoms with E-state index in [1.165, 1.54) is 88.8 Å². The molecular formula is C28H45ClFNO3. The highest BCUT2D eigenvalue weighted by atomic mass is 35.5. The van der Waals surface area contributed by atoms with Crippen molar-refractivity contribution in [1.82, 2.24) is 5.32 Å². The number of hydrogen-bond donors (Lipinski definition) is 1. The lowest BCUT2D eigenvalue weighted by molar-refractivity contribution is -0.147. The Bertz CT molecular complexity index is 711. The Morgan fingerprint density at radius 1 is 0.882 bits per heavy atom. The second-order valence-electron chi connectivity index (χ2n) is 9.56. The molecule has 1 aromatic rings. The molecule has 1 rings (SSSR count). The van der Waals surface area contributed by atoms with E-state index in [4.69, 9.17) is 16.3 Å². The third-order valence-corrected chi connectivity index (χ3v) is 6.44.